The minimum atomic E-state index is -0.502. The summed E-state index contributed by atoms with van der Waals surface area (Å²) in [6.45, 7) is 0. The monoisotopic (exact) mass is 216 g/mol. The van der Waals surface area contributed by atoms with E-state index in [1.54, 1.807) is 12.1 Å². The average Bonchev–Trinajstić information content (AvgIpc) is 2.29. The maximum absolute atomic E-state index is 11.7. The third-order valence-electron chi connectivity index (χ3n) is 3.17. The van der Waals surface area contributed by atoms with Gasteiger partial charge in [0.2, 0.25) is 0 Å². The molecule has 16 heavy (non-hydrogen) atoms. The van der Waals surface area contributed by atoms with Gasteiger partial charge in [0.15, 0.2) is 0 Å². The van der Waals surface area contributed by atoms with E-state index in [9.17, 15) is 9.90 Å². The minimum Gasteiger partial charge on any atom is -0.427 e. The van der Waals surface area contributed by atoms with Crippen LogP contribution in [0.15, 0.2) is 33.5 Å². The third-order valence-corrected chi connectivity index (χ3v) is 3.17. The van der Waals surface area contributed by atoms with Crippen LogP contribution in [0.3, 0.4) is 0 Å². The van der Waals surface area contributed by atoms with Gasteiger partial charge in [-0.3, -0.25) is 0 Å². The van der Waals surface area contributed by atoms with Crippen LogP contribution in [0, 0.1) is 0 Å². The Morgan fingerprint density at radius 3 is 2.81 bits per heavy atom. The topological polar surface area (TPSA) is 50.4 Å². The van der Waals surface area contributed by atoms with Gasteiger partial charge in [-0.2, -0.15) is 0 Å². The van der Waals surface area contributed by atoms with Crippen LogP contribution in [0.2, 0.25) is 0 Å². The smallest absolute Gasteiger partial charge is 0.343 e. The zero-order chi connectivity index (χ0) is 11.1. The highest BCUT2D eigenvalue weighted by Gasteiger charge is 2.23. The molecule has 3 heteroatoms. The molecule has 1 aromatic carbocycles. The fourth-order valence-corrected chi connectivity index (χ4v) is 2.42. The van der Waals surface area contributed by atoms with Gasteiger partial charge in [-0.1, -0.05) is 18.2 Å². The summed E-state index contributed by atoms with van der Waals surface area (Å²) in [6.07, 6.45) is 1.85. The lowest BCUT2D eigenvalue weighted by Gasteiger charge is -2.21. The number of rotatable bonds is 0. The van der Waals surface area contributed by atoms with Crippen molar-refractivity contribution < 1.29 is 9.52 Å². The average molecular weight is 216 g/mol. The Morgan fingerprint density at radius 2 is 2.00 bits per heavy atom. The molecule has 1 aromatic heterocycles. The first-order valence-electron chi connectivity index (χ1n) is 5.50. The molecule has 0 fully saturated rings. The van der Waals surface area contributed by atoms with Crippen LogP contribution in [0.4, 0.5) is 0 Å². The zero-order valence-corrected chi connectivity index (χ0v) is 8.77. The summed E-state index contributed by atoms with van der Waals surface area (Å²) < 4.78 is 5.27. The van der Waals surface area contributed by atoms with Crippen LogP contribution >= 0.6 is 0 Å². The lowest BCUT2D eigenvalue weighted by Crippen LogP contribution is -2.14. The molecule has 0 saturated heterocycles. The van der Waals surface area contributed by atoms with Crippen molar-refractivity contribution in [2.24, 2.45) is 0 Å². The standard InChI is InChI=1S/C13H12O3/c14-10-6-3-7-11-12(10)8-4-1-2-5-9(8)13(15)16-11/h1-2,4-5,10,14H,3,6-7H2. The highest BCUT2D eigenvalue weighted by molar-refractivity contribution is 5.85. The number of aliphatic hydroxyl groups excluding tert-OH is 1. The lowest BCUT2D eigenvalue weighted by atomic mass is 9.91. The van der Waals surface area contributed by atoms with Crippen molar-refractivity contribution in [1.82, 2.24) is 0 Å². The van der Waals surface area contributed by atoms with E-state index in [0.29, 0.717) is 11.1 Å². The Morgan fingerprint density at radius 1 is 1.25 bits per heavy atom. The fourth-order valence-electron chi connectivity index (χ4n) is 2.42. The van der Waals surface area contributed by atoms with Gasteiger partial charge in [-0.15, -0.1) is 0 Å². The van der Waals surface area contributed by atoms with Crippen LogP contribution in [-0.2, 0) is 6.42 Å². The van der Waals surface area contributed by atoms with E-state index in [-0.39, 0.29) is 5.63 Å². The third kappa shape index (κ3) is 1.28. The van der Waals surface area contributed by atoms with Gasteiger partial charge in [-0.05, 0) is 24.3 Å². The number of hydrogen-bond acceptors (Lipinski definition) is 3. The first-order valence-corrected chi connectivity index (χ1v) is 5.50. The van der Waals surface area contributed by atoms with E-state index >= 15 is 0 Å². The summed E-state index contributed by atoms with van der Waals surface area (Å²) in [6, 6.07) is 7.30. The normalized spacial score (nSPS) is 19.7. The minimum absolute atomic E-state index is 0.302. The SMILES string of the molecule is O=c1oc2c(c3ccccc13)C(O)CCC2. The van der Waals surface area contributed by atoms with E-state index in [0.717, 1.165) is 30.2 Å². The number of benzene rings is 1. The molecule has 1 heterocycles. The largest absolute Gasteiger partial charge is 0.427 e. The molecular weight excluding hydrogens is 204 g/mol. The second kappa shape index (κ2) is 3.46. The van der Waals surface area contributed by atoms with Crippen LogP contribution in [0.25, 0.3) is 10.8 Å². The fraction of sp³-hybridized carbons (Fsp3) is 0.308. The Balaban J connectivity index is 2.45. The quantitative estimate of drug-likeness (QED) is 0.734. The van der Waals surface area contributed by atoms with Crippen LogP contribution in [0.1, 0.15) is 30.3 Å². The van der Waals surface area contributed by atoms with E-state index in [4.69, 9.17) is 4.42 Å². The molecule has 1 atom stereocenters. The van der Waals surface area contributed by atoms with Gasteiger partial charge in [0, 0.05) is 12.0 Å². The number of fused-ring (bicyclic) bond motifs is 3. The predicted octanol–water partition coefficient (Wildman–Crippen LogP) is 2.16. The van der Waals surface area contributed by atoms with Gasteiger partial charge in [0.25, 0.3) is 0 Å². The van der Waals surface area contributed by atoms with Crippen molar-refractivity contribution in [3.05, 3.63) is 46.0 Å². The number of aryl methyl sites for hydroxylation is 1. The van der Waals surface area contributed by atoms with Crippen LogP contribution in [-0.4, -0.2) is 5.11 Å². The van der Waals surface area contributed by atoms with Gasteiger partial charge < -0.3 is 9.52 Å². The Bertz CT molecular complexity index is 598. The summed E-state index contributed by atoms with van der Waals surface area (Å²) in [5, 5.41) is 11.4. The maximum atomic E-state index is 11.7. The van der Waals surface area contributed by atoms with Gasteiger partial charge in [-0.25, -0.2) is 4.79 Å². The summed E-state index contributed by atoms with van der Waals surface area (Å²) >= 11 is 0. The summed E-state index contributed by atoms with van der Waals surface area (Å²) in [5.41, 5.74) is 0.505. The second-order valence-electron chi connectivity index (χ2n) is 4.18. The van der Waals surface area contributed by atoms with Crippen molar-refractivity contribution >= 4 is 10.8 Å². The molecule has 0 amide bonds. The first-order chi connectivity index (χ1) is 7.77. The Kier molecular flexibility index (Phi) is 2.07. The molecule has 1 aliphatic carbocycles. The molecule has 1 aliphatic rings. The van der Waals surface area contributed by atoms with Crippen molar-refractivity contribution in [3.63, 3.8) is 0 Å². The molecule has 3 rings (SSSR count). The summed E-state index contributed by atoms with van der Waals surface area (Å²) in [5.74, 6) is 0.655. The Labute approximate surface area is 92.3 Å². The van der Waals surface area contributed by atoms with Gasteiger partial charge in [0.05, 0.1) is 11.5 Å². The molecule has 1 unspecified atom stereocenters. The van der Waals surface area contributed by atoms with Crippen LogP contribution in [0.5, 0.6) is 0 Å². The molecule has 0 bridgehead atoms. The van der Waals surface area contributed by atoms with Crippen LogP contribution < -0.4 is 5.63 Å². The van der Waals surface area contributed by atoms with Crippen molar-refractivity contribution in [2.45, 2.75) is 25.4 Å². The van der Waals surface area contributed by atoms with Crippen molar-refractivity contribution in [2.75, 3.05) is 0 Å². The highest BCUT2D eigenvalue weighted by Crippen LogP contribution is 2.33. The maximum Gasteiger partial charge on any atom is 0.343 e. The molecule has 0 saturated carbocycles. The zero-order valence-electron chi connectivity index (χ0n) is 8.77. The number of aliphatic hydroxyl groups is 1. The molecular formula is C13H12O3. The van der Waals surface area contributed by atoms with E-state index in [1.807, 2.05) is 12.1 Å². The molecule has 0 aliphatic heterocycles. The molecule has 0 radical (unpaired) electrons. The van der Waals surface area contributed by atoms with Crippen molar-refractivity contribution in [1.29, 1.82) is 0 Å². The van der Waals surface area contributed by atoms with E-state index in [2.05, 4.69) is 0 Å². The predicted molar refractivity (Wildman–Crippen MR) is 60.4 cm³/mol. The number of hydrogen-bond donors (Lipinski definition) is 1. The van der Waals surface area contributed by atoms with Gasteiger partial charge >= 0.3 is 5.63 Å². The summed E-state index contributed by atoms with van der Waals surface area (Å²) in [7, 11) is 0. The first kappa shape index (κ1) is 9.60. The molecule has 1 N–H and O–H groups in total. The molecule has 3 nitrogen and oxygen atoms in total. The Hall–Kier alpha value is -1.61. The van der Waals surface area contributed by atoms with Gasteiger partial charge in [0.1, 0.15) is 5.76 Å². The summed E-state index contributed by atoms with van der Waals surface area (Å²) in [4.78, 5) is 11.7. The lowest BCUT2D eigenvalue weighted by molar-refractivity contribution is 0.150. The molecule has 0 spiro atoms. The molecule has 82 valence electrons. The van der Waals surface area contributed by atoms with Crippen molar-refractivity contribution in [3.8, 4) is 0 Å². The van der Waals surface area contributed by atoms with E-state index < -0.39 is 6.10 Å². The molecule has 2 aromatic rings. The highest BCUT2D eigenvalue weighted by atomic mass is 16.4. The second-order valence-corrected chi connectivity index (χ2v) is 4.18. The van der Waals surface area contributed by atoms with E-state index in [1.165, 1.54) is 0 Å².